The molecule has 9 heteroatoms. The quantitative estimate of drug-likeness (QED) is 0.718. The third-order valence-corrected chi connectivity index (χ3v) is 4.85. The zero-order valence-corrected chi connectivity index (χ0v) is 14.5. The van der Waals surface area contributed by atoms with Gasteiger partial charge in [-0.15, -0.1) is 0 Å². The van der Waals surface area contributed by atoms with Crippen LogP contribution in [-0.2, 0) is 13.8 Å². The number of methoxy groups -OCH3 is 1. The molecule has 0 spiro atoms. The molecule has 0 heterocycles. The van der Waals surface area contributed by atoms with Crippen molar-refractivity contribution in [3.05, 3.63) is 27.7 Å². The van der Waals surface area contributed by atoms with E-state index in [0.29, 0.717) is 19.7 Å². The number of rotatable bonds is 6. The molecule has 0 atom stereocenters. The van der Waals surface area contributed by atoms with E-state index in [1.54, 1.807) is 6.92 Å². The van der Waals surface area contributed by atoms with E-state index in [9.17, 15) is 13.2 Å². The summed E-state index contributed by atoms with van der Waals surface area (Å²) in [5.41, 5.74) is 0.0262. The summed E-state index contributed by atoms with van der Waals surface area (Å²) in [6.07, 6.45) is 0. The SMILES string of the molecule is CCN(CCOC)C(=O)c1cc(S(=O)(=O)Cl)c(Cl)cc1Cl. The first-order valence-electron chi connectivity index (χ1n) is 5.94. The normalized spacial score (nSPS) is 11.5. The number of hydrogen-bond acceptors (Lipinski definition) is 4. The van der Waals surface area contributed by atoms with Gasteiger partial charge in [0.25, 0.3) is 15.0 Å². The van der Waals surface area contributed by atoms with Gasteiger partial charge in [0.15, 0.2) is 0 Å². The number of halogens is 3. The molecule has 1 aromatic rings. The minimum atomic E-state index is -4.07. The van der Waals surface area contributed by atoms with Gasteiger partial charge in [0.05, 0.1) is 22.2 Å². The highest BCUT2D eigenvalue weighted by atomic mass is 35.7. The van der Waals surface area contributed by atoms with Crippen LogP contribution in [0.1, 0.15) is 17.3 Å². The van der Waals surface area contributed by atoms with E-state index in [-0.39, 0.29) is 20.5 Å². The van der Waals surface area contributed by atoms with Gasteiger partial charge in [-0.25, -0.2) is 8.42 Å². The van der Waals surface area contributed by atoms with E-state index in [0.717, 1.165) is 6.07 Å². The summed E-state index contributed by atoms with van der Waals surface area (Å²) in [5, 5.41) is -0.0728. The lowest BCUT2D eigenvalue weighted by Crippen LogP contribution is -2.34. The third kappa shape index (κ3) is 4.72. The molecule has 1 amide bonds. The molecule has 5 nitrogen and oxygen atoms in total. The van der Waals surface area contributed by atoms with E-state index in [1.807, 2.05) is 0 Å². The zero-order chi connectivity index (χ0) is 16.2. The van der Waals surface area contributed by atoms with Gasteiger partial charge in [-0.2, -0.15) is 0 Å². The largest absolute Gasteiger partial charge is 0.383 e. The molecule has 0 unspecified atom stereocenters. The number of carbonyl (C=O) groups excluding carboxylic acids is 1. The van der Waals surface area contributed by atoms with Crippen LogP contribution in [0.3, 0.4) is 0 Å². The van der Waals surface area contributed by atoms with Gasteiger partial charge < -0.3 is 9.64 Å². The Hall–Kier alpha value is -0.530. The Labute approximate surface area is 138 Å². The van der Waals surface area contributed by atoms with Crippen molar-refractivity contribution in [1.82, 2.24) is 4.90 Å². The Morgan fingerprint density at radius 2 is 1.90 bits per heavy atom. The van der Waals surface area contributed by atoms with Crippen molar-refractivity contribution >= 4 is 48.8 Å². The highest BCUT2D eigenvalue weighted by Gasteiger charge is 2.23. The molecule has 21 heavy (non-hydrogen) atoms. The topological polar surface area (TPSA) is 63.7 Å². The smallest absolute Gasteiger partial charge is 0.262 e. The standard InChI is InChI=1S/C12H14Cl3NO4S/c1-3-16(4-5-20-2)12(17)8-6-11(21(15,18)19)10(14)7-9(8)13/h6-7H,3-5H2,1-2H3. The fourth-order valence-electron chi connectivity index (χ4n) is 1.65. The van der Waals surface area contributed by atoms with Crippen LogP contribution in [0.5, 0.6) is 0 Å². The lowest BCUT2D eigenvalue weighted by molar-refractivity contribution is 0.0706. The third-order valence-electron chi connectivity index (χ3n) is 2.75. The highest BCUT2D eigenvalue weighted by molar-refractivity contribution is 8.13. The minimum Gasteiger partial charge on any atom is -0.383 e. The van der Waals surface area contributed by atoms with E-state index in [4.69, 9.17) is 38.6 Å². The van der Waals surface area contributed by atoms with Crippen LogP contribution in [0.15, 0.2) is 17.0 Å². The molecule has 0 saturated carbocycles. The number of benzene rings is 1. The second-order valence-corrected chi connectivity index (χ2v) is 7.43. The molecule has 0 aliphatic carbocycles. The van der Waals surface area contributed by atoms with Crippen molar-refractivity contribution in [3.8, 4) is 0 Å². The summed E-state index contributed by atoms with van der Waals surface area (Å²) in [4.78, 5) is 13.5. The van der Waals surface area contributed by atoms with Crippen LogP contribution in [0.4, 0.5) is 0 Å². The number of likely N-dealkylation sites (N-methyl/N-ethyl adjacent to an activating group) is 1. The first kappa shape index (κ1) is 18.5. The average molecular weight is 375 g/mol. The Kier molecular flexibility index (Phi) is 6.74. The van der Waals surface area contributed by atoms with Crippen LogP contribution in [-0.4, -0.2) is 46.0 Å². The molecule has 0 aliphatic heterocycles. The molecule has 0 aromatic heterocycles. The number of nitrogens with zero attached hydrogens (tertiary/aromatic N) is 1. The lowest BCUT2D eigenvalue weighted by Gasteiger charge is -2.21. The summed E-state index contributed by atoms with van der Waals surface area (Å²) < 4.78 is 27.8. The van der Waals surface area contributed by atoms with Crippen LogP contribution < -0.4 is 0 Å². The molecule has 0 bridgehead atoms. The maximum atomic E-state index is 12.4. The molecule has 1 rings (SSSR count). The molecule has 0 aliphatic rings. The predicted molar refractivity (Wildman–Crippen MR) is 83.0 cm³/mol. The van der Waals surface area contributed by atoms with Crippen LogP contribution in [0, 0.1) is 0 Å². The van der Waals surface area contributed by atoms with Crippen molar-refractivity contribution in [1.29, 1.82) is 0 Å². The second-order valence-electron chi connectivity index (χ2n) is 4.08. The molecular formula is C12H14Cl3NO4S. The van der Waals surface area contributed by atoms with E-state index in [2.05, 4.69) is 0 Å². The van der Waals surface area contributed by atoms with Crippen molar-refractivity contribution in [3.63, 3.8) is 0 Å². The summed E-state index contributed by atoms with van der Waals surface area (Å²) in [6, 6.07) is 2.28. The number of carbonyl (C=O) groups is 1. The summed E-state index contributed by atoms with van der Waals surface area (Å²) in [5.74, 6) is -0.419. The van der Waals surface area contributed by atoms with Crippen molar-refractivity contribution in [2.75, 3.05) is 26.8 Å². The minimum absolute atomic E-state index is 0.0262. The van der Waals surface area contributed by atoms with Gasteiger partial charge in [0.2, 0.25) is 0 Å². The highest BCUT2D eigenvalue weighted by Crippen LogP contribution is 2.31. The Bertz CT molecular complexity index is 634. The maximum absolute atomic E-state index is 12.4. The van der Waals surface area contributed by atoms with Crippen LogP contribution >= 0.6 is 33.9 Å². The van der Waals surface area contributed by atoms with Gasteiger partial charge in [0, 0.05) is 30.9 Å². The zero-order valence-electron chi connectivity index (χ0n) is 11.4. The maximum Gasteiger partial charge on any atom is 0.262 e. The average Bonchev–Trinajstić information content (AvgIpc) is 2.37. The van der Waals surface area contributed by atoms with Gasteiger partial charge >= 0.3 is 0 Å². The Balaban J connectivity index is 3.26. The van der Waals surface area contributed by atoms with Crippen LogP contribution in [0.25, 0.3) is 0 Å². The molecular weight excluding hydrogens is 361 g/mol. The number of hydrogen-bond donors (Lipinski definition) is 0. The van der Waals surface area contributed by atoms with Crippen LogP contribution in [0.2, 0.25) is 10.0 Å². The first-order valence-corrected chi connectivity index (χ1v) is 9.00. The monoisotopic (exact) mass is 373 g/mol. The predicted octanol–water partition coefficient (Wildman–Crippen LogP) is 3.03. The molecule has 0 N–H and O–H groups in total. The van der Waals surface area contributed by atoms with Crippen molar-refractivity contribution in [2.24, 2.45) is 0 Å². The molecule has 0 radical (unpaired) electrons. The molecule has 118 valence electrons. The Morgan fingerprint density at radius 3 is 2.38 bits per heavy atom. The molecule has 1 aromatic carbocycles. The number of amides is 1. The van der Waals surface area contributed by atoms with E-state index >= 15 is 0 Å². The second kappa shape index (κ2) is 7.65. The van der Waals surface area contributed by atoms with Crippen molar-refractivity contribution in [2.45, 2.75) is 11.8 Å². The van der Waals surface area contributed by atoms with E-state index in [1.165, 1.54) is 18.1 Å². The fourth-order valence-corrected chi connectivity index (χ4v) is 3.48. The van der Waals surface area contributed by atoms with Gasteiger partial charge in [-0.3, -0.25) is 4.79 Å². The summed E-state index contributed by atoms with van der Waals surface area (Å²) in [7, 11) is 2.74. The lowest BCUT2D eigenvalue weighted by atomic mass is 10.2. The summed E-state index contributed by atoms with van der Waals surface area (Å²) >= 11 is 11.8. The first-order chi connectivity index (χ1) is 9.72. The molecule has 0 fully saturated rings. The van der Waals surface area contributed by atoms with Gasteiger partial charge in [0.1, 0.15) is 4.90 Å². The summed E-state index contributed by atoms with van der Waals surface area (Å²) in [6.45, 7) is 2.92. The fraction of sp³-hybridized carbons (Fsp3) is 0.417. The number of ether oxygens (including phenoxy) is 1. The molecule has 0 saturated heterocycles. The van der Waals surface area contributed by atoms with Gasteiger partial charge in [-0.05, 0) is 19.1 Å². The van der Waals surface area contributed by atoms with E-state index < -0.39 is 15.0 Å². The van der Waals surface area contributed by atoms with Gasteiger partial charge in [-0.1, -0.05) is 23.2 Å². The van der Waals surface area contributed by atoms with Crippen molar-refractivity contribution < 1.29 is 17.9 Å². The Morgan fingerprint density at radius 1 is 1.29 bits per heavy atom.